The molecule has 0 spiro atoms. The Morgan fingerprint density at radius 2 is 1.83 bits per heavy atom. The third-order valence-corrected chi connectivity index (χ3v) is 4.90. The lowest BCUT2D eigenvalue weighted by Crippen LogP contribution is -2.55. The van der Waals surface area contributed by atoms with Crippen LogP contribution in [-0.4, -0.2) is 33.2 Å². The van der Waals surface area contributed by atoms with Crippen LogP contribution in [0, 0.1) is 6.92 Å². The lowest BCUT2D eigenvalue weighted by Gasteiger charge is -2.45. The predicted octanol–water partition coefficient (Wildman–Crippen LogP) is 3.15. The van der Waals surface area contributed by atoms with Crippen LogP contribution >= 0.6 is 0 Å². The minimum absolute atomic E-state index is 0.270. The molecule has 1 aliphatic rings. The van der Waals surface area contributed by atoms with Crippen molar-refractivity contribution >= 4 is 5.97 Å². The van der Waals surface area contributed by atoms with Crippen LogP contribution in [0.25, 0.3) is 0 Å². The molecule has 0 aromatic heterocycles. The van der Waals surface area contributed by atoms with Crippen LogP contribution in [0.1, 0.15) is 35.6 Å². The predicted molar refractivity (Wildman–Crippen MR) is 92.6 cm³/mol. The molecule has 126 valence electrons. The molecule has 2 N–H and O–H groups in total. The highest BCUT2D eigenvalue weighted by molar-refractivity contribution is 5.79. The maximum atomic E-state index is 11.9. The number of carbonyl (C=O) groups is 1. The largest absolute Gasteiger partial charge is 0.479 e. The van der Waals surface area contributed by atoms with E-state index in [4.69, 9.17) is 0 Å². The van der Waals surface area contributed by atoms with Gasteiger partial charge in [0.05, 0.1) is 6.04 Å². The zero-order chi connectivity index (χ0) is 17.2. The van der Waals surface area contributed by atoms with Gasteiger partial charge in [-0.2, -0.15) is 0 Å². The molecule has 0 saturated carbocycles. The molecule has 0 bridgehead atoms. The summed E-state index contributed by atoms with van der Waals surface area (Å²) >= 11 is 0. The normalized spacial score (nSPS) is 24.7. The van der Waals surface area contributed by atoms with Gasteiger partial charge < -0.3 is 10.2 Å². The summed E-state index contributed by atoms with van der Waals surface area (Å²) in [5.74, 6) is -1.14. The van der Waals surface area contributed by atoms with Crippen LogP contribution < -0.4 is 0 Å². The fourth-order valence-corrected chi connectivity index (χ4v) is 3.68. The third kappa shape index (κ3) is 3.07. The molecule has 2 aromatic rings. The summed E-state index contributed by atoms with van der Waals surface area (Å²) < 4.78 is 0. The number of piperidine rings is 1. The van der Waals surface area contributed by atoms with E-state index in [0.717, 1.165) is 23.2 Å². The first kappa shape index (κ1) is 16.7. The first-order chi connectivity index (χ1) is 11.5. The van der Waals surface area contributed by atoms with Gasteiger partial charge in [0.1, 0.15) is 0 Å². The Kier molecular flexibility index (Phi) is 4.69. The van der Waals surface area contributed by atoms with Gasteiger partial charge in [-0.3, -0.25) is 4.90 Å². The van der Waals surface area contributed by atoms with Crippen molar-refractivity contribution in [2.75, 3.05) is 6.54 Å². The lowest BCUT2D eigenvalue weighted by atomic mass is 9.79. The molecule has 1 fully saturated rings. The van der Waals surface area contributed by atoms with Crippen molar-refractivity contribution < 1.29 is 15.0 Å². The second kappa shape index (κ2) is 6.75. The highest BCUT2D eigenvalue weighted by atomic mass is 16.4. The topological polar surface area (TPSA) is 60.8 Å². The van der Waals surface area contributed by atoms with Crippen LogP contribution in [-0.2, 0) is 11.3 Å². The number of aryl methyl sites for hydroxylation is 1. The van der Waals surface area contributed by atoms with E-state index in [1.165, 1.54) is 0 Å². The Labute approximate surface area is 142 Å². The summed E-state index contributed by atoms with van der Waals surface area (Å²) in [5.41, 5.74) is 1.24. The van der Waals surface area contributed by atoms with Gasteiger partial charge in [-0.25, -0.2) is 4.79 Å². The Bertz CT molecular complexity index is 716. The number of aliphatic hydroxyl groups is 1. The molecule has 2 aromatic carbocycles. The Hall–Kier alpha value is -2.17. The molecule has 0 amide bonds. The molecule has 1 heterocycles. The molecule has 4 heteroatoms. The van der Waals surface area contributed by atoms with E-state index in [0.29, 0.717) is 13.0 Å². The molecule has 0 radical (unpaired) electrons. The number of nitrogens with zero attached hydrogens (tertiary/aromatic N) is 1. The second-order valence-corrected chi connectivity index (χ2v) is 6.55. The average molecular weight is 325 g/mol. The van der Waals surface area contributed by atoms with Crippen molar-refractivity contribution in [3.63, 3.8) is 0 Å². The molecule has 4 nitrogen and oxygen atoms in total. The van der Waals surface area contributed by atoms with E-state index in [2.05, 4.69) is 4.90 Å². The van der Waals surface area contributed by atoms with Gasteiger partial charge in [-0.05, 0) is 43.0 Å². The molecule has 1 saturated heterocycles. The van der Waals surface area contributed by atoms with Crippen LogP contribution in [0.4, 0.5) is 0 Å². The number of benzene rings is 2. The maximum Gasteiger partial charge on any atom is 0.337 e. The fourth-order valence-electron chi connectivity index (χ4n) is 3.68. The van der Waals surface area contributed by atoms with E-state index in [1.54, 1.807) is 0 Å². The number of hydrogen-bond donors (Lipinski definition) is 2. The first-order valence-electron chi connectivity index (χ1n) is 8.31. The zero-order valence-electron chi connectivity index (χ0n) is 13.9. The third-order valence-electron chi connectivity index (χ3n) is 4.90. The van der Waals surface area contributed by atoms with Crippen LogP contribution in [0.5, 0.6) is 0 Å². The fraction of sp³-hybridized carbons (Fsp3) is 0.350. The summed E-state index contributed by atoms with van der Waals surface area (Å²) in [6, 6.07) is 17.2. The molecular formula is C20H23NO3. The highest BCUT2D eigenvalue weighted by Crippen LogP contribution is 2.41. The summed E-state index contributed by atoms with van der Waals surface area (Å²) in [6.07, 6.45) is 0.935. The maximum absolute atomic E-state index is 11.9. The minimum Gasteiger partial charge on any atom is -0.479 e. The van der Waals surface area contributed by atoms with Gasteiger partial charge in [0.15, 0.2) is 5.60 Å². The number of aliphatic carboxylic acids is 1. The van der Waals surface area contributed by atoms with Crippen molar-refractivity contribution in [3.05, 3.63) is 71.3 Å². The van der Waals surface area contributed by atoms with Crippen LogP contribution in [0.3, 0.4) is 0 Å². The number of rotatable bonds is 4. The van der Waals surface area contributed by atoms with E-state index in [-0.39, 0.29) is 6.42 Å². The van der Waals surface area contributed by atoms with E-state index >= 15 is 0 Å². The number of carboxylic acid groups (broad SMARTS) is 1. The Morgan fingerprint density at radius 1 is 1.17 bits per heavy atom. The minimum atomic E-state index is -1.76. The van der Waals surface area contributed by atoms with Gasteiger partial charge in [-0.1, -0.05) is 54.6 Å². The molecular weight excluding hydrogens is 302 g/mol. The van der Waals surface area contributed by atoms with Gasteiger partial charge in [-0.15, -0.1) is 0 Å². The SMILES string of the molecule is Cc1ccccc1C1N(Cc2ccccc2)CCCC1(O)C(=O)O. The van der Waals surface area contributed by atoms with Gasteiger partial charge in [0.25, 0.3) is 0 Å². The zero-order valence-corrected chi connectivity index (χ0v) is 13.9. The smallest absolute Gasteiger partial charge is 0.337 e. The summed E-state index contributed by atoms with van der Waals surface area (Å²) in [5, 5.41) is 20.7. The highest BCUT2D eigenvalue weighted by Gasteiger charge is 2.50. The van der Waals surface area contributed by atoms with Crippen molar-refractivity contribution in [3.8, 4) is 0 Å². The lowest BCUT2D eigenvalue weighted by molar-refractivity contribution is -0.174. The Balaban J connectivity index is 2.02. The van der Waals surface area contributed by atoms with Crippen molar-refractivity contribution in [1.29, 1.82) is 0 Å². The van der Waals surface area contributed by atoms with Crippen molar-refractivity contribution in [1.82, 2.24) is 4.90 Å². The summed E-state index contributed by atoms with van der Waals surface area (Å²) in [4.78, 5) is 14.0. The monoisotopic (exact) mass is 325 g/mol. The number of hydrogen-bond acceptors (Lipinski definition) is 3. The average Bonchev–Trinajstić information content (AvgIpc) is 2.57. The van der Waals surface area contributed by atoms with Crippen molar-refractivity contribution in [2.45, 2.75) is 38.0 Å². The molecule has 0 aliphatic carbocycles. The standard InChI is InChI=1S/C20H23NO3/c1-15-8-5-6-11-17(15)18-20(24,19(22)23)12-7-13-21(18)14-16-9-3-2-4-10-16/h2-6,8-11,18,24H,7,12-14H2,1H3,(H,22,23). The van der Waals surface area contributed by atoms with Gasteiger partial charge in [0.2, 0.25) is 0 Å². The molecule has 2 unspecified atom stereocenters. The van der Waals surface area contributed by atoms with Crippen molar-refractivity contribution in [2.24, 2.45) is 0 Å². The van der Waals surface area contributed by atoms with E-state index < -0.39 is 17.6 Å². The summed E-state index contributed by atoms with van der Waals surface area (Å²) in [6.45, 7) is 3.35. The molecule has 3 rings (SSSR count). The van der Waals surface area contributed by atoms with Crippen LogP contribution in [0.15, 0.2) is 54.6 Å². The van der Waals surface area contributed by atoms with Gasteiger partial charge in [0, 0.05) is 6.54 Å². The molecule has 2 atom stereocenters. The molecule has 1 aliphatic heterocycles. The first-order valence-corrected chi connectivity index (χ1v) is 8.31. The summed E-state index contributed by atoms with van der Waals surface area (Å²) in [7, 11) is 0. The Morgan fingerprint density at radius 3 is 2.50 bits per heavy atom. The van der Waals surface area contributed by atoms with Crippen LogP contribution in [0.2, 0.25) is 0 Å². The van der Waals surface area contributed by atoms with Gasteiger partial charge >= 0.3 is 5.97 Å². The number of carboxylic acids is 1. The molecule has 24 heavy (non-hydrogen) atoms. The second-order valence-electron chi connectivity index (χ2n) is 6.55. The van der Waals surface area contributed by atoms with E-state index in [9.17, 15) is 15.0 Å². The number of likely N-dealkylation sites (tertiary alicyclic amines) is 1. The van der Waals surface area contributed by atoms with E-state index in [1.807, 2.05) is 61.5 Å². The quantitative estimate of drug-likeness (QED) is 0.906.